The van der Waals surface area contributed by atoms with Crippen LogP contribution in [-0.2, 0) is 4.74 Å². The van der Waals surface area contributed by atoms with E-state index in [0.29, 0.717) is 62.8 Å². The zero-order chi connectivity index (χ0) is 26.6. The summed E-state index contributed by atoms with van der Waals surface area (Å²) < 4.78 is 11.1. The van der Waals surface area contributed by atoms with Crippen LogP contribution in [0.4, 0.5) is 27.9 Å². The number of benzene rings is 1. The number of urea groups is 1. The third-order valence-electron chi connectivity index (χ3n) is 7.86. The molecule has 0 bridgehead atoms. The number of morpholine rings is 1. The molecule has 2 amide bonds. The Morgan fingerprint density at radius 1 is 1.03 bits per heavy atom. The van der Waals surface area contributed by atoms with E-state index >= 15 is 0 Å². The van der Waals surface area contributed by atoms with Crippen molar-refractivity contribution in [2.45, 2.75) is 38.1 Å². The number of fused-ring (bicyclic) bond motifs is 1. The summed E-state index contributed by atoms with van der Waals surface area (Å²) in [6.45, 7) is 5.47. The number of aromatic nitrogens is 4. The second kappa shape index (κ2) is 11.5. The van der Waals surface area contributed by atoms with Crippen molar-refractivity contribution in [3.63, 3.8) is 0 Å². The lowest BCUT2D eigenvalue weighted by Crippen LogP contribution is -2.54. The number of methoxy groups -OCH3 is 1. The van der Waals surface area contributed by atoms with Crippen LogP contribution in [0.5, 0.6) is 5.75 Å². The van der Waals surface area contributed by atoms with Gasteiger partial charge in [0.25, 0.3) is 0 Å². The minimum Gasteiger partial charge on any atom is -0.494 e. The monoisotopic (exact) mass is 535 g/mol. The van der Waals surface area contributed by atoms with Crippen molar-refractivity contribution in [2.24, 2.45) is 0 Å². The molecule has 12 heteroatoms. The number of anilines is 4. The molecule has 1 aliphatic carbocycles. The topological polar surface area (TPSA) is 124 Å². The normalized spacial score (nSPS) is 18.8. The standard InChI is InChI=1S/C27H37N9O3/c1-38-22-17-20(34-9-11-35(12-10-34)27(37)36-13-15-39-16-14-36)7-8-21(22)31-26-32-24-23(28-18-29-24)25(33-26)30-19-5-3-2-4-6-19/h7-8,17-19H,2-6,9-16H2,1H3,(H3,28,29,30,31,32,33). The second-order valence-electron chi connectivity index (χ2n) is 10.3. The predicted molar refractivity (Wildman–Crippen MR) is 150 cm³/mol. The maximum Gasteiger partial charge on any atom is 0.320 e. The summed E-state index contributed by atoms with van der Waals surface area (Å²) in [4.78, 5) is 35.9. The average Bonchev–Trinajstić information content (AvgIpc) is 3.47. The van der Waals surface area contributed by atoms with Gasteiger partial charge in [-0.25, -0.2) is 9.78 Å². The van der Waals surface area contributed by atoms with Crippen molar-refractivity contribution in [3.05, 3.63) is 24.5 Å². The van der Waals surface area contributed by atoms with E-state index in [4.69, 9.17) is 14.5 Å². The van der Waals surface area contributed by atoms with Gasteiger partial charge in [0.05, 0.1) is 32.3 Å². The Labute approximate surface area is 228 Å². The number of rotatable bonds is 6. The molecule has 3 aromatic rings. The Bertz CT molecular complexity index is 1280. The van der Waals surface area contributed by atoms with E-state index in [1.807, 2.05) is 21.9 Å². The molecule has 208 valence electrons. The first kappa shape index (κ1) is 25.5. The van der Waals surface area contributed by atoms with E-state index in [-0.39, 0.29) is 6.03 Å². The highest BCUT2D eigenvalue weighted by Crippen LogP contribution is 2.33. The molecule has 3 aliphatic rings. The summed E-state index contributed by atoms with van der Waals surface area (Å²) >= 11 is 0. The lowest BCUT2D eigenvalue weighted by Gasteiger charge is -2.39. The van der Waals surface area contributed by atoms with Gasteiger partial charge in [-0.1, -0.05) is 19.3 Å². The van der Waals surface area contributed by atoms with Crippen LogP contribution in [0.3, 0.4) is 0 Å². The molecule has 3 N–H and O–H groups in total. The molecule has 2 aliphatic heterocycles. The molecular weight excluding hydrogens is 498 g/mol. The lowest BCUT2D eigenvalue weighted by atomic mass is 9.95. The number of hydrogen-bond acceptors (Lipinski definition) is 9. The number of ether oxygens (including phenoxy) is 2. The molecule has 2 aromatic heterocycles. The molecule has 4 heterocycles. The molecule has 0 spiro atoms. The van der Waals surface area contributed by atoms with Gasteiger partial charge in [-0.3, -0.25) is 0 Å². The van der Waals surface area contributed by atoms with E-state index in [1.54, 1.807) is 13.4 Å². The highest BCUT2D eigenvalue weighted by molar-refractivity contribution is 5.84. The molecule has 12 nitrogen and oxygen atoms in total. The van der Waals surface area contributed by atoms with Gasteiger partial charge >= 0.3 is 6.03 Å². The first-order valence-corrected chi connectivity index (χ1v) is 14.0. The fourth-order valence-corrected chi connectivity index (χ4v) is 5.64. The van der Waals surface area contributed by atoms with Crippen molar-refractivity contribution in [3.8, 4) is 5.75 Å². The molecule has 1 aromatic carbocycles. The Kier molecular flexibility index (Phi) is 7.53. The van der Waals surface area contributed by atoms with Crippen LogP contribution in [0.2, 0.25) is 0 Å². The molecular formula is C27H37N9O3. The van der Waals surface area contributed by atoms with Gasteiger partial charge in [-0.2, -0.15) is 9.97 Å². The number of aromatic amines is 1. The van der Waals surface area contributed by atoms with Crippen LogP contribution in [0.25, 0.3) is 11.2 Å². The summed E-state index contributed by atoms with van der Waals surface area (Å²) in [6.07, 6.45) is 7.72. The molecule has 39 heavy (non-hydrogen) atoms. The van der Waals surface area contributed by atoms with Gasteiger partial charge < -0.3 is 39.8 Å². The second-order valence-corrected chi connectivity index (χ2v) is 10.3. The molecule has 6 rings (SSSR count). The SMILES string of the molecule is COc1cc(N2CCN(C(=O)N3CCOCC3)CC2)ccc1Nc1nc(NC2CCCCC2)c2[nH]cnc2n1. The van der Waals surface area contributed by atoms with Crippen LogP contribution < -0.4 is 20.3 Å². The predicted octanol–water partition coefficient (Wildman–Crippen LogP) is 3.42. The largest absolute Gasteiger partial charge is 0.494 e. The van der Waals surface area contributed by atoms with Crippen molar-refractivity contribution < 1.29 is 14.3 Å². The summed E-state index contributed by atoms with van der Waals surface area (Å²) in [5.74, 6) is 1.94. The minimum absolute atomic E-state index is 0.112. The van der Waals surface area contributed by atoms with E-state index < -0.39 is 0 Å². The number of piperazine rings is 1. The third kappa shape index (κ3) is 5.65. The molecule has 1 saturated carbocycles. The first-order valence-electron chi connectivity index (χ1n) is 14.0. The summed E-state index contributed by atoms with van der Waals surface area (Å²) in [5.41, 5.74) is 3.27. The van der Waals surface area contributed by atoms with Gasteiger partial charge in [-0.15, -0.1) is 0 Å². The Morgan fingerprint density at radius 3 is 2.56 bits per heavy atom. The smallest absolute Gasteiger partial charge is 0.320 e. The van der Waals surface area contributed by atoms with Gasteiger partial charge in [0.2, 0.25) is 5.95 Å². The quantitative estimate of drug-likeness (QED) is 0.436. The van der Waals surface area contributed by atoms with Crippen LogP contribution in [-0.4, -0.2) is 101 Å². The van der Waals surface area contributed by atoms with Crippen LogP contribution in [0.1, 0.15) is 32.1 Å². The number of amides is 2. The van der Waals surface area contributed by atoms with E-state index in [0.717, 1.165) is 48.6 Å². The van der Waals surface area contributed by atoms with Crippen molar-refractivity contribution >= 4 is 40.3 Å². The van der Waals surface area contributed by atoms with Crippen molar-refractivity contribution in [1.82, 2.24) is 29.7 Å². The summed E-state index contributed by atoms with van der Waals surface area (Å²) in [6, 6.07) is 6.60. The van der Waals surface area contributed by atoms with Gasteiger partial charge in [0.1, 0.15) is 11.3 Å². The van der Waals surface area contributed by atoms with E-state index in [1.165, 1.54) is 19.3 Å². The van der Waals surface area contributed by atoms with Crippen LogP contribution in [0.15, 0.2) is 24.5 Å². The minimum atomic E-state index is 0.112. The average molecular weight is 536 g/mol. The summed E-state index contributed by atoms with van der Waals surface area (Å²) in [5, 5.41) is 6.96. The first-order chi connectivity index (χ1) is 19.2. The zero-order valence-electron chi connectivity index (χ0n) is 22.5. The Morgan fingerprint density at radius 2 is 1.79 bits per heavy atom. The van der Waals surface area contributed by atoms with Gasteiger partial charge in [-0.05, 0) is 25.0 Å². The van der Waals surface area contributed by atoms with Crippen LogP contribution >= 0.6 is 0 Å². The highest BCUT2D eigenvalue weighted by atomic mass is 16.5. The number of hydrogen-bond donors (Lipinski definition) is 3. The number of carbonyl (C=O) groups is 1. The van der Waals surface area contributed by atoms with Gasteiger partial charge in [0, 0.05) is 57.1 Å². The lowest BCUT2D eigenvalue weighted by molar-refractivity contribution is 0.0428. The van der Waals surface area contributed by atoms with E-state index in [9.17, 15) is 4.79 Å². The third-order valence-corrected chi connectivity index (χ3v) is 7.86. The highest BCUT2D eigenvalue weighted by Gasteiger charge is 2.27. The number of carbonyl (C=O) groups excluding carboxylic acids is 1. The number of H-pyrrole nitrogens is 1. The molecule has 2 saturated heterocycles. The van der Waals surface area contributed by atoms with Gasteiger partial charge in [0.15, 0.2) is 11.5 Å². The fraction of sp³-hybridized carbons (Fsp3) is 0.556. The Hall–Kier alpha value is -3.80. The van der Waals surface area contributed by atoms with Crippen molar-refractivity contribution in [2.75, 3.05) is 75.1 Å². The van der Waals surface area contributed by atoms with E-state index in [2.05, 4.69) is 36.6 Å². The molecule has 0 radical (unpaired) electrons. The maximum atomic E-state index is 12.8. The number of nitrogens with zero attached hydrogens (tertiary/aromatic N) is 6. The van der Waals surface area contributed by atoms with Crippen molar-refractivity contribution in [1.29, 1.82) is 0 Å². The van der Waals surface area contributed by atoms with Crippen LogP contribution in [0, 0.1) is 0 Å². The zero-order valence-corrected chi connectivity index (χ0v) is 22.5. The maximum absolute atomic E-state index is 12.8. The number of nitrogens with one attached hydrogen (secondary N) is 3. The summed E-state index contributed by atoms with van der Waals surface area (Å²) in [7, 11) is 1.66. The Balaban J connectivity index is 1.14. The molecule has 0 atom stereocenters. The number of imidazole rings is 1. The molecule has 3 fully saturated rings. The fourth-order valence-electron chi connectivity index (χ4n) is 5.64. The molecule has 0 unspecified atom stereocenters.